The summed E-state index contributed by atoms with van der Waals surface area (Å²) in [5, 5.41) is 6.56. The lowest BCUT2D eigenvalue weighted by Gasteiger charge is -2.19. The van der Waals surface area contributed by atoms with Crippen LogP contribution < -0.4 is 5.32 Å². The van der Waals surface area contributed by atoms with Gasteiger partial charge in [0.05, 0.1) is 0 Å². The van der Waals surface area contributed by atoms with E-state index in [0.29, 0.717) is 11.3 Å². The Balaban J connectivity index is 1.96. The van der Waals surface area contributed by atoms with E-state index in [2.05, 4.69) is 27.5 Å². The number of rotatable bonds is 3. The Morgan fingerprint density at radius 3 is 2.70 bits per heavy atom. The van der Waals surface area contributed by atoms with Gasteiger partial charge in [0.15, 0.2) is 0 Å². The van der Waals surface area contributed by atoms with E-state index in [1.165, 1.54) is 0 Å². The lowest BCUT2D eigenvalue weighted by Crippen LogP contribution is -2.34. The molecule has 1 aliphatic carbocycles. The lowest BCUT2D eigenvalue weighted by atomic mass is 10.0. The van der Waals surface area contributed by atoms with Gasteiger partial charge in [-0.1, -0.05) is 29.4 Å². The Morgan fingerprint density at radius 1 is 1.20 bits per heavy atom. The molecule has 0 bridgehead atoms. The lowest BCUT2D eigenvalue weighted by molar-refractivity contribution is 0.0932. The molecule has 2 rings (SSSR count). The van der Waals surface area contributed by atoms with E-state index in [1.54, 1.807) is 24.3 Å². The number of carbonyl (C=O) groups excluding carboxylic acids is 1. The van der Waals surface area contributed by atoms with Crippen molar-refractivity contribution in [1.29, 1.82) is 0 Å². The van der Waals surface area contributed by atoms with Gasteiger partial charge in [-0.3, -0.25) is 4.79 Å². The molecule has 5 nitrogen and oxygen atoms in total. The van der Waals surface area contributed by atoms with E-state index < -0.39 is 0 Å². The summed E-state index contributed by atoms with van der Waals surface area (Å²) in [6.45, 7) is 0. The predicted octanol–water partition coefficient (Wildman–Crippen LogP) is 4.25. The van der Waals surface area contributed by atoms with E-state index in [9.17, 15) is 4.79 Å². The van der Waals surface area contributed by atoms with Gasteiger partial charge >= 0.3 is 0 Å². The molecular formula is C15H18N4O. The van der Waals surface area contributed by atoms with Gasteiger partial charge in [-0.05, 0) is 49.8 Å². The van der Waals surface area contributed by atoms with Crippen molar-refractivity contribution in [1.82, 2.24) is 5.32 Å². The summed E-state index contributed by atoms with van der Waals surface area (Å²) < 4.78 is 0. The van der Waals surface area contributed by atoms with E-state index in [0.717, 1.165) is 32.1 Å². The van der Waals surface area contributed by atoms with E-state index >= 15 is 0 Å². The summed E-state index contributed by atoms with van der Waals surface area (Å²) in [6, 6.07) is 6.90. The maximum absolute atomic E-state index is 12.1. The van der Waals surface area contributed by atoms with Crippen LogP contribution in [0, 0.1) is 0 Å². The molecule has 1 aromatic rings. The Morgan fingerprint density at radius 2 is 1.95 bits per heavy atom. The monoisotopic (exact) mass is 270 g/mol. The first-order valence-corrected chi connectivity index (χ1v) is 6.90. The highest BCUT2D eigenvalue weighted by Gasteiger charge is 2.13. The van der Waals surface area contributed by atoms with Crippen LogP contribution in [0.5, 0.6) is 0 Å². The largest absolute Gasteiger partial charge is 0.349 e. The summed E-state index contributed by atoms with van der Waals surface area (Å²) in [7, 11) is 0. The number of carbonyl (C=O) groups is 1. The second-order valence-corrected chi connectivity index (χ2v) is 4.89. The van der Waals surface area contributed by atoms with Crippen LogP contribution in [-0.2, 0) is 0 Å². The van der Waals surface area contributed by atoms with Gasteiger partial charge in [0.1, 0.15) is 0 Å². The maximum Gasteiger partial charge on any atom is 0.251 e. The number of azide groups is 1. The topological polar surface area (TPSA) is 77.9 Å². The fourth-order valence-electron chi connectivity index (χ4n) is 2.30. The van der Waals surface area contributed by atoms with Crippen LogP contribution in [0.15, 0.2) is 41.5 Å². The maximum atomic E-state index is 12.1. The molecule has 1 unspecified atom stereocenters. The first kappa shape index (κ1) is 14.2. The summed E-state index contributed by atoms with van der Waals surface area (Å²) in [5.41, 5.74) is 9.45. The van der Waals surface area contributed by atoms with Crippen molar-refractivity contribution < 1.29 is 4.79 Å². The first-order valence-electron chi connectivity index (χ1n) is 6.90. The van der Waals surface area contributed by atoms with Crippen molar-refractivity contribution in [3.05, 3.63) is 52.4 Å². The highest BCUT2D eigenvalue weighted by molar-refractivity contribution is 5.94. The minimum atomic E-state index is -0.0629. The molecule has 0 aliphatic heterocycles. The molecule has 104 valence electrons. The third-order valence-electron chi connectivity index (χ3n) is 3.40. The molecule has 1 amide bonds. The number of amides is 1. The van der Waals surface area contributed by atoms with Gasteiger partial charge in [0, 0.05) is 22.2 Å². The van der Waals surface area contributed by atoms with Crippen LogP contribution in [-0.4, -0.2) is 11.9 Å². The third-order valence-corrected chi connectivity index (χ3v) is 3.40. The van der Waals surface area contributed by atoms with Crippen LogP contribution in [0.25, 0.3) is 10.4 Å². The van der Waals surface area contributed by atoms with E-state index in [1.807, 2.05) is 0 Å². The minimum absolute atomic E-state index is 0.0629. The average molecular weight is 270 g/mol. The van der Waals surface area contributed by atoms with Crippen molar-refractivity contribution in [3.63, 3.8) is 0 Å². The number of hydrogen-bond acceptors (Lipinski definition) is 2. The van der Waals surface area contributed by atoms with Crippen molar-refractivity contribution in [2.24, 2.45) is 5.11 Å². The normalized spacial score (nSPS) is 18.5. The van der Waals surface area contributed by atoms with Gasteiger partial charge < -0.3 is 5.32 Å². The van der Waals surface area contributed by atoms with Gasteiger partial charge in [0.25, 0.3) is 5.91 Å². The molecular weight excluding hydrogens is 252 g/mol. The molecule has 0 heterocycles. The Bertz CT molecular complexity index is 529. The Kier molecular flexibility index (Phi) is 5.21. The fraction of sp³-hybridized carbons (Fsp3) is 0.400. The fourth-order valence-corrected chi connectivity index (χ4v) is 2.30. The van der Waals surface area contributed by atoms with Gasteiger partial charge in [0.2, 0.25) is 0 Å². The van der Waals surface area contributed by atoms with Crippen molar-refractivity contribution in [3.8, 4) is 0 Å². The highest BCUT2D eigenvalue weighted by atomic mass is 16.1. The molecule has 0 fully saturated rings. The van der Waals surface area contributed by atoms with Crippen molar-refractivity contribution in [2.45, 2.75) is 38.1 Å². The predicted molar refractivity (Wildman–Crippen MR) is 78.7 cm³/mol. The van der Waals surface area contributed by atoms with E-state index in [-0.39, 0.29) is 11.9 Å². The summed E-state index contributed by atoms with van der Waals surface area (Å²) in [6.07, 6.45) is 9.62. The molecule has 1 aliphatic rings. The molecule has 5 heteroatoms. The van der Waals surface area contributed by atoms with Gasteiger partial charge in [-0.2, -0.15) is 0 Å². The zero-order valence-corrected chi connectivity index (χ0v) is 11.3. The van der Waals surface area contributed by atoms with Gasteiger partial charge in [-0.25, -0.2) is 0 Å². The van der Waals surface area contributed by atoms with Crippen LogP contribution in [0.4, 0.5) is 5.69 Å². The smallest absolute Gasteiger partial charge is 0.251 e. The highest BCUT2D eigenvalue weighted by Crippen LogP contribution is 2.15. The molecule has 0 saturated carbocycles. The standard InChI is InChI=1S/C15H18N4O/c16-19-18-14-10-8-12(9-11-14)15(20)17-13-6-4-2-1-3-5-7-13/h1-2,8-11,13H,3-7H2,(H,17,20). The molecule has 1 atom stereocenters. The molecule has 0 spiro atoms. The van der Waals surface area contributed by atoms with Crippen LogP contribution >= 0.6 is 0 Å². The second kappa shape index (κ2) is 7.36. The molecule has 20 heavy (non-hydrogen) atoms. The number of nitrogens with zero attached hydrogens (tertiary/aromatic N) is 3. The zero-order chi connectivity index (χ0) is 14.2. The summed E-state index contributed by atoms with van der Waals surface area (Å²) in [4.78, 5) is 14.9. The third kappa shape index (κ3) is 4.14. The first-order chi connectivity index (χ1) is 9.79. The second-order valence-electron chi connectivity index (χ2n) is 4.89. The average Bonchev–Trinajstić information content (AvgIpc) is 2.43. The summed E-state index contributed by atoms with van der Waals surface area (Å²) in [5.74, 6) is -0.0629. The van der Waals surface area contributed by atoms with E-state index in [4.69, 9.17) is 5.53 Å². The van der Waals surface area contributed by atoms with Crippen molar-refractivity contribution >= 4 is 11.6 Å². The SMILES string of the molecule is [N-]=[N+]=Nc1ccc(C(=O)NC2CCC=CCCC2)cc1. The molecule has 0 aromatic heterocycles. The van der Waals surface area contributed by atoms with Crippen LogP contribution in [0.1, 0.15) is 42.5 Å². The number of benzene rings is 1. The Hall–Kier alpha value is -2.26. The molecule has 0 radical (unpaired) electrons. The van der Waals surface area contributed by atoms with Crippen LogP contribution in [0.3, 0.4) is 0 Å². The summed E-state index contributed by atoms with van der Waals surface area (Å²) >= 11 is 0. The molecule has 1 N–H and O–H groups in total. The quantitative estimate of drug-likeness (QED) is 0.379. The van der Waals surface area contributed by atoms with Crippen molar-refractivity contribution in [2.75, 3.05) is 0 Å². The van der Waals surface area contributed by atoms with Gasteiger partial charge in [-0.15, -0.1) is 0 Å². The zero-order valence-electron chi connectivity index (χ0n) is 11.3. The van der Waals surface area contributed by atoms with Crippen LogP contribution in [0.2, 0.25) is 0 Å². The number of allylic oxidation sites excluding steroid dienone is 2. The molecule has 0 saturated heterocycles. The minimum Gasteiger partial charge on any atom is -0.349 e. The molecule has 1 aromatic carbocycles. The number of nitrogens with one attached hydrogen (secondary N) is 1. The number of hydrogen-bond donors (Lipinski definition) is 1. The Labute approximate surface area is 118 Å².